The Morgan fingerprint density at radius 2 is 2.00 bits per heavy atom. The molecule has 0 radical (unpaired) electrons. The van der Waals surface area contributed by atoms with Gasteiger partial charge in [-0.05, 0) is 32.6 Å². The minimum Gasteiger partial charge on any atom is -0.481 e. The lowest BCUT2D eigenvalue weighted by atomic mass is 9.86. The third-order valence-corrected chi connectivity index (χ3v) is 4.05. The van der Waals surface area contributed by atoms with Crippen LogP contribution in [-0.2, 0) is 9.53 Å². The molecule has 1 heterocycles. The number of rotatable bonds is 3. The molecule has 2 aliphatic rings. The highest BCUT2D eigenvalue weighted by Crippen LogP contribution is 2.24. The molecule has 2 amide bonds. The van der Waals surface area contributed by atoms with Crippen LogP contribution in [0.2, 0.25) is 0 Å². The minimum atomic E-state index is -0.760. The first-order chi connectivity index (χ1) is 9.06. The van der Waals surface area contributed by atoms with E-state index in [2.05, 4.69) is 10.6 Å². The molecule has 108 valence electrons. The maximum absolute atomic E-state index is 11.9. The van der Waals surface area contributed by atoms with Crippen molar-refractivity contribution in [3.05, 3.63) is 0 Å². The smallest absolute Gasteiger partial charge is 0.315 e. The average Bonchev–Trinajstić information content (AvgIpc) is 2.75. The van der Waals surface area contributed by atoms with Crippen molar-refractivity contribution < 1.29 is 19.4 Å². The molecule has 0 spiro atoms. The number of carbonyl (C=O) groups is 2. The molecular formula is C13H22N2O4. The van der Waals surface area contributed by atoms with Gasteiger partial charge in [-0.15, -0.1) is 0 Å². The van der Waals surface area contributed by atoms with Gasteiger partial charge in [0, 0.05) is 12.6 Å². The molecule has 6 nitrogen and oxygen atoms in total. The van der Waals surface area contributed by atoms with Gasteiger partial charge in [0.2, 0.25) is 0 Å². The summed E-state index contributed by atoms with van der Waals surface area (Å²) in [5.74, 6) is -1.09. The molecule has 2 rings (SSSR count). The van der Waals surface area contributed by atoms with Crippen LogP contribution in [0.25, 0.3) is 0 Å². The molecule has 1 aliphatic carbocycles. The number of amides is 2. The SMILES string of the molecule is CC1OCCC1NC(=O)NC1CCCC(C(=O)O)C1. The molecule has 4 unspecified atom stereocenters. The van der Waals surface area contributed by atoms with Crippen LogP contribution in [0.4, 0.5) is 4.79 Å². The molecule has 1 aliphatic heterocycles. The summed E-state index contributed by atoms with van der Waals surface area (Å²) in [5.41, 5.74) is 0. The van der Waals surface area contributed by atoms with Gasteiger partial charge in [-0.1, -0.05) is 6.42 Å². The normalized spacial score (nSPS) is 34.8. The lowest BCUT2D eigenvalue weighted by Gasteiger charge is -2.28. The van der Waals surface area contributed by atoms with E-state index in [4.69, 9.17) is 9.84 Å². The number of hydrogen-bond acceptors (Lipinski definition) is 3. The summed E-state index contributed by atoms with van der Waals surface area (Å²) in [7, 11) is 0. The third kappa shape index (κ3) is 3.83. The third-order valence-electron chi connectivity index (χ3n) is 4.05. The molecule has 19 heavy (non-hydrogen) atoms. The van der Waals surface area contributed by atoms with E-state index in [1.807, 2.05) is 6.92 Å². The van der Waals surface area contributed by atoms with E-state index in [0.29, 0.717) is 19.4 Å². The van der Waals surface area contributed by atoms with Gasteiger partial charge in [-0.25, -0.2) is 4.79 Å². The Bertz CT molecular complexity index is 348. The molecule has 3 N–H and O–H groups in total. The predicted molar refractivity (Wildman–Crippen MR) is 68.9 cm³/mol. The maximum Gasteiger partial charge on any atom is 0.315 e. The number of urea groups is 1. The van der Waals surface area contributed by atoms with Crippen molar-refractivity contribution in [2.45, 2.75) is 57.2 Å². The van der Waals surface area contributed by atoms with Crippen molar-refractivity contribution >= 4 is 12.0 Å². The van der Waals surface area contributed by atoms with Crippen LogP contribution < -0.4 is 10.6 Å². The summed E-state index contributed by atoms with van der Waals surface area (Å²) < 4.78 is 5.38. The van der Waals surface area contributed by atoms with E-state index in [0.717, 1.165) is 19.3 Å². The van der Waals surface area contributed by atoms with Crippen LogP contribution in [0.15, 0.2) is 0 Å². The second-order valence-corrected chi connectivity index (χ2v) is 5.49. The fourth-order valence-corrected chi connectivity index (χ4v) is 2.86. The molecule has 0 aromatic heterocycles. The van der Waals surface area contributed by atoms with Gasteiger partial charge in [0.1, 0.15) is 0 Å². The number of carboxylic acids is 1. The summed E-state index contributed by atoms with van der Waals surface area (Å²) in [6.07, 6.45) is 3.82. The molecule has 0 aromatic rings. The van der Waals surface area contributed by atoms with Gasteiger partial charge in [0.05, 0.1) is 18.1 Å². The van der Waals surface area contributed by atoms with E-state index in [1.54, 1.807) is 0 Å². The summed E-state index contributed by atoms with van der Waals surface area (Å²) in [4.78, 5) is 22.8. The molecule has 2 fully saturated rings. The molecule has 0 aromatic carbocycles. The largest absolute Gasteiger partial charge is 0.481 e. The second-order valence-electron chi connectivity index (χ2n) is 5.49. The number of ether oxygens (including phenoxy) is 1. The first-order valence-electron chi connectivity index (χ1n) is 6.97. The van der Waals surface area contributed by atoms with E-state index in [9.17, 15) is 9.59 Å². The maximum atomic E-state index is 11.9. The Labute approximate surface area is 112 Å². The lowest BCUT2D eigenvalue weighted by Crippen LogP contribution is -2.49. The van der Waals surface area contributed by atoms with Gasteiger partial charge in [0.15, 0.2) is 0 Å². The highest BCUT2D eigenvalue weighted by molar-refractivity contribution is 5.75. The van der Waals surface area contributed by atoms with Crippen molar-refractivity contribution in [2.75, 3.05) is 6.61 Å². The predicted octanol–water partition coefficient (Wildman–Crippen LogP) is 1.11. The quantitative estimate of drug-likeness (QED) is 0.716. The second kappa shape index (κ2) is 6.23. The van der Waals surface area contributed by atoms with Gasteiger partial charge < -0.3 is 20.5 Å². The Balaban J connectivity index is 1.77. The molecule has 1 saturated heterocycles. The number of hydrogen-bond donors (Lipinski definition) is 3. The Morgan fingerprint density at radius 1 is 1.21 bits per heavy atom. The first kappa shape index (κ1) is 14.1. The van der Waals surface area contributed by atoms with Crippen LogP contribution in [0, 0.1) is 5.92 Å². The van der Waals surface area contributed by atoms with E-state index in [1.165, 1.54) is 0 Å². The zero-order valence-electron chi connectivity index (χ0n) is 11.2. The van der Waals surface area contributed by atoms with Crippen LogP contribution in [0.5, 0.6) is 0 Å². The number of carbonyl (C=O) groups excluding carboxylic acids is 1. The Kier molecular flexibility index (Phi) is 4.63. The zero-order valence-corrected chi connectivity index (χ0v) is 11.2. The van der Waals surface area contributed by atoms with Gasteiger partial charge >= 0.3 is 12.0 Å². The first-order valence-corrected chi connectivity index (χ1v) is 6.97. The van der Waals surface area contributed by atoms with E-state index in [-0.39, 0.29) is 30.1 Å². The summed E-state index contributed by atoms with van der Waals surface area (Å²) in [6.45, 7) is 2.62. The van der Waals surface area contributed by atoms with Crippen molar-refractivity contribution in [3.63, 3.8) is 0 Å². The Morgan fingerprint density at radius 3 is 2.63 bits per heavy atom. The van der Waals surface area contributed by atoms with Crippen molar-refractivity contribution in [3.8, 4) is 0 Å². The molecule has 1 saturated carbocycles. The van der Waals surface area contributed by atoms with Crippen molar-refractivity contribution in [1.29, 1.82) is 0 Å². The zero-order chi connectivity index (χ0) is 13.8. The highest BCUT2D eigenvalue weighted by atomic mass is 16.5. The lowest BCUT2D eigenvalue weighted by molar-refractivity contribution is -0.143. The molecule has 6 heteroatoms. The summed E-state index contributed by atoms with van der Waals surface area (Å²) in [5, 5.41) is 14.8. The highest BCUT2D eigenvalue weighted by Gasteiger charge is 2.29. The van der Waals surface area contributed by atoms with Crippen molar-refractivity contribution in [1.82, 2.24) is 10.6 Å². The van der Waals surface area contributed by atoms with Crippen LogP contribution in [-0.4, -0.2) is 41.9 Å². The van der Waals surface area contributed by atoms with E-state index >= 15 is 0 Å². The topological polar surface area (TPSA) is 87.7 Å². The molecular weight excluding hydrogens is 248 g/mol. The monoisotopic (exact) mass is 270 g/mol. The molecule has 4 atom stereocenters. The van der Waals surface area contributed by atoms with Gasteiger partial charge in [0.25, 0.3) is 0 Å². The number of nitrogens with one attached hydrogen (secondary N) is 2. The standard InChI is InChI=1S/C13H22N2O4/c1-8-11(5-6-19-8)15-13(18)14-10-4-2-3-9(7-10)12(16)17/h8-11H,2-7H2,1H3,(H,16,17)(H2,14,15,18). The minimum absolute atomic E-state index is 0.0347. The summed E-state index contributed by atoms with van der Waals surface area (Å²) >= 11 is 0. The fraction of sp³-hybridized carbons (Fsp3) is 0.846. The van der Waals surface area contributed by atoms with Crippen LogP contribution in [0.1, 0.15) is 39.0 Å². The average molecular weight is 270 g/mol. The molecule has 0 bridgehead atoms. The van der Waals surface area contributed by atoms with E-state index < -0.39 is 5.97 Å². The number of aliphatic carboxylic acids is 1. The Hall–Kier alpha value is -1.30. The summed E-state index contributed by atoms with van der Waals surface area (Å²) in [6, 6.07) is -0.190. The van der Waals surface area contributed by atoms with Crippen LogP contribution >= 0.6 is 0 Å². The van der Waals surface area contributed by atoms with Crippen LogP contribution in [0.3, 0.4) is 0 Å². The fourth-order valence-electron chi connectivity index (χ4n) is 2.86. The van der Waals surface area contributed by atoms with Crippen molar-refractivity contribution in [2.24, 2.45) is 5.92 Å². The van der Waals surface area contributed by atoms with Gasteiger partial charge in [-0.2, -0.15) is 0 Å². The van der Waals surface area contributed by atoms with Gasteiger partial charge in [-0.3, -0.25) is 4.79 Å². The number of carboxylic acid groups (broad SMARTS) is 1.